The van der Waals surface area contributed by atoms with Crippen LogP contribution < -0.4 is 4.74 Å². The molecule has 3 nitrogen and oxygen atoms in total. The molecule has 0 aliphatic rings. The molecule has 104 valence electrons. The summed E-state index contributed by atoms with van der Waals surface area (Å²) < 4.78 is 5.63. The highest BCUT2D eigenvalue weighted by atomic mass is 16.5. The fourth-order valence-corrected chi connectivity index (χ4v) is 1.95. The maximum Gasteiger partial charge on any atom is 0.335 e. The number of hydrogen-bond acceptors (Lipinski definition) is 2. The molecule has 0 aromatic heterocycles. The number of aromatic carboxylic acids is 1. The molecule has 0 saturated heterocycles. The zero-order chi connectivity index (χ0) is 14.4. The zero-order valence-corrected chi connectivity index (χ0v) is 11.5. The average molecular weight is 270 g/mol. The van der Waals surface area contributed by atoms with Crippen molar-refractivity contribution in [2.75, 3.05) is 0 Å². The van der Waals surface area contributed by atoms with Gasteiger partial charge in [0, 0.05) is 0 Å². The van der Waals surface area contributed by atoms with Gasteiger partial charge in [-0.05, 0) is 41.8 Å². The van der Waals surface area contributed by atoms with E-state index in [4.69, 9.17) is 9.84 Å². The number of benzene rings is 2. The van der Waals surface area contributed by atoms with E-state index in [1.165, 1.54) is 5.56 Å². The Bertz CT molecular complexity index is 556. The third-order valence-corrected chi connectivity index (χ3v) is 3.07. The van der Waals surface area contributed by atoms with Gasteiger partial charge in [-0.3, -0.25) is 0 Å². The van der Waals surface area contributed by atoms with Gasteiger partial charge >= 0.3 is 5.97 Å². The molecular weight excluding hydrogens is 252 g/mol. The first-order valence-corrected chi connectivity index (χ1v) is 6.73. The molecule has 0 fully saturated rings. The molecule has 0 amide bonds. The minimum Gasteiger partial charge on any atom is -0.489 e. The minimum absolute atomic E-state index is 0.265. The zero-order valence-electron chi connectivity index (χ0n) is 11.5. The molecular formula is C17H18O3. The summed E-state index contributed by atoms with van der Waals surface area (Å²) in [7, 11) is 0. The van der Waals surface area contributed by atoms with Crippen molar-refractivity contribution in [1.82, 2.24) is 0 Å². The molecule has 1 N–H and O–H groups in total. The number of carboxylic acids is 1. The second-order valence-corrected chi connectivity index (χ2v) is 4.68. The van der Waals surface area contributed by atoms with Gasteiger partial charge in [-0.15, -0.1) is 0 Å². The monoisotopic (exact) mass is 270 g/mol. The van der Waals surface area contributed by atoms with Crippen molar-refractivity contribution in [2.24, 2.45) is 0 Å². The molecule has 0 radical (unpaired) electrons. The van der Waals surface area contributed by atoms with Crippen LogP contribution in [-0.4, -0.2) is 11.1 Å². The van der Waals surface area contributed by atoms with Gasteiger partial charge in [0.15, 0.2) is 0 Å². The molecule has 2 aromatic rings. The summed E-state index contributed by atoms with van der Waals surface area (Å²) in [5.74, 6) is -0.254. The number of ether oxygens (including phenoxy) is 1. The van der Waals surface area contributed by atoms with E-state index in [0.717, 1.165) is 18.4 Å². The molecule has 0 spiro atoms. The normalized spacial score (nSPS) is 10.2. The van der Waals surface area contributed by atoms with Crippen LogP contribution in [0.2, 0.25) is 0 Å². The maximum atomic E-state index is 10.7. The molecule has 3 heteroatoms. The van der Waals surface area contributed by atoms with Crippen LogP contribution in [0.3, 0.4) is 0 Å². The smallest absolute Gasteiger partial charge is 0.335 e. The van der Waals surface area contributed by atoms with Gasteiger partial charge in [-0.1, -0.05) is 37.6 Å². The SMILES string of the molecule is CCCc1ccc(COc2ccc(C(=O)O)cc2)cc1. The molecule has 0 bridgehead atoms. The lowest BCUT2D eigenvalue weighted by Gasteiger charge is -2.07. The predicted octanol–water partition coefficient (Wildman–Crippen LogP) is 3.92. The van der Waals surface area contributed by atoms with Gasteiger partial charge in [-0.2, -0.15) is 0 Å². The van der Waals surface area contributed by atoms with E-state index in [9.17, 15) is 4.79 Å². The number of carbonyl (C=O) groups is 1. The summed E-state index contributed by atoms with van der Waals surface area (Å²) in [5, 5.41) is 8.81. The highest BCUT2D eigenvalue weighted by Gasteiger charge is 2.02. The largest absolute Gasteiger partial charge is 0.489 e. The van der Waals surface area contributed by atoms with E-state index in [-0.39, 0.29) is 5.56 Å². The van der Waals surface area contributed by atoms with E-state index in [2.05, 4.69) is 31.2 Å². The Labute approximate surface area is 118 Å². The first-order valence-electron chi connectivity index (χ1n) is 6.73. The Morgan fingerprint density at radius 3 is 2.15 bits per heavy atom. The molecule has 0 aliphatic heterocycles. The number of hydrogen-bond donors (Lipinski definition) is 1. The van der Waals surface area contributed by atoms with Crippen molar-refractivity contribution in [3.63, 3.8) is 0 Å². The van der Waals surface area contributed by atoms with Crippen LogP contribution in [0.1, 0.15) is 34.8 Å². The van der Waals surface area contributed by atoms with Gasteiger partial charge < -0.3 is 9.84 Å². The van der Waals surface area contributed by atoms with Crippen molar-refractivity contribution in [3.8, 4) is 5.75 Å². The van der Waals surface area contributed by atoms with Crippen LogP contribution in [0.5, 0.6) is 5.75 Å². The van der Waals surface area contributed by atoms with Gasteiger partial charge in [0.1, 0.15) is 12.4 Å². The van der Waals surface area contributed by atoms with Crippen LogP contribution >= 0.6 is 0 Å². The summed E-state index contributed by atoms with van der Waals surface area (Å²) in [4.78, 5) is 10.7. The van der Waals surface area contributed by atoms with Crippen LogP contribution in [0.25, 0.3) is 0 Å². The lowest BCUT2D eigenvalue weighted by molar-refractivity contribution is 0.0697. The van der Waals surface area contributed by atoms with Crippen LogP contribution in [0.15, 0.2) is 48.5 Å². The average Bonchev–Trinajstić information content (AvgIpc) is 2.47. The van der Waals surface area contributed by atoms with Gasteiger partial charge in [0.2, 0.25) is 0 Å². The summed E-state index contributed by atoms with van der Waals surface area (Å²) in [6, 6.07) is 14.8. The fourth-order valence-electron chi connectivity index (χ4n) is 1.95. The van der Waals surface area contributed by atoms with E-state index in [1.54, 1.807) is 24.3 Å². The van der Waals surface area contributed by atoms with Gasteiger partial charge in [-0.25, -0.2) is 4.79 Å². The Morgan fingerprint density at radius 1 is 1.00 bits per heavy atom. The van der Waals surface area contributed by atoms with Gasteiger partial charge in [0.05, 0.1) is 5.56 Å². The summed E-state index contributed by atoms with van der Waals surface area (Å²) in [5.41, 5.74) is 2.70. The second-order valence-electron chi connectivity index (χ2n) is 4.68. The van der Waals surface area contributed by atoms with E-state index in [1.807, 2.05) is 0 Å². The molecule has 20 heavy (non-hydrogen) atoms. The van der Waals surface area contributed by atoms with E-state index in [0.29, 0.717) is 12.4 Å². The standard InChI is InChI=1S/C17H18O3/c1-2-3-13-4-6-14(7-5-13)12-20-16-10-8-15(9-11-16)17(18)19/h4-11H,2-3,12H2,1H3,(H,18,19). The molecule has 2 rings (SSSR count). The fraction of sp³-hybridized carbons (Fsp3) is 0.235. The Hall–Kier alpha value is -2.29. The Morgan fingerprint density at radius 2 is 1.60 bits per heavy atom. The minimum atomic E-state index is -0.928. The van der Waals surface area contributed by atoms with Crippen molar-refractivity contribution in [3.05, 3.63) is 65.2 Å². The lowest BCUT2D eigenvalue weighted by Crippen LogP contribution is -1.98. The van der Waals surface area contributed by atoms with Crippen LogP contribution in [0.4, 0.5) is 0 Å². The third kappa shape index (κ3) is 3.85. The second kappa shape index (κ2) is 6.75. The third-order valence-electron chi connectivity index (χ3n) is 3.07. The predicted molar refractivity (Wildman–Crippen MR) is 78.2 cm³/mol. The number of carboxylic acid groups (broad SMARTS) is 1. The molecule has 2 aromatic carbocycles. The highest BCUT2D eigenvalue weighted by Crippen LogP contribution is 2.15. The quantitative estimate of drug-likeness (QED) is 0.865. The Kier molecular flexibility index (Phi) is 4.77. The van der Waals surface area contributed by atoms with Crippen molar-refractivity contribution in [2.45, 2.75) is 26.4 Å². The molecule has 0 atom stereocenters. The van der Waals surface area contributed by atoms with Crippen molar-refractivity contribution >= 4 is 5.97 Å². The first kappa shape index (κ1) is 14.1. The summed E-state index contributed by atoms with van der Waals surface area (Å²) in [6.07, 6.45) is 2.24. The Balaban J connectivity index is 1.92. The summed E-state index contributed by atoms with van der Waals surface area (Å²) >= 11 is 0. The topological polar surface area (TPSA) is 46.5 Å². The lowest BCUT2D eigenvalue weighted by atomic mass is 10.1. The van der Waals surface area contributed by atoms with Crippen molar-refractivity contribution in [1.29, 1.82) is 0 Å². The van der Waals surface area contributed by atoms with Gasteiger partial charge in [0.25, 0.3) is 0 Å². The molecule has 0 unspecified atom stereocenters. The van der Waals surface area contributed by atoms with Crippen LogP contribution in [0, 0.1) is 0 Å². The first-order chi connectivity index (χ1) is 9.69. The number of rotatable bonds is 6. The maximum absolute atomic E-state index is 10.7. The van der Waals surface area contributed by atoms with E-state index < -0.39 is 5.97 Å². The van der Waals surface area contributed by atoms with Crippen LogP contribution in [-0.2, 0) is 13.0 Å². The molecule has 0 heterocycles. The molecule has 0 aliphatic carbocycles. The number of aryl methyl sites for hydroxylation is 1. The highest BCUT2D eigenvalue weighted by molar-refractivity contribution is 5.87. The molecule has 0 saturated carbocycles. The summed E-state index contributed by atoms with van der Waals surface area (Å²) in [6.45, 7) is 2.65. The van der Waals surface area contributed by atoms with E-state index >= 15 is 0 Å². The van der Waals surface area contributed by atoms with Crippen molar-refractivity contribution < 1.29 is 14.6 Å².